The van der Waals surface area contributed by atoms with Gasteiger partial charge in [-0.1, -0.05) is 5.03 Å². The quantitative estimate of drug-likeness (QED) is 0.513. The van der Waals surface area contributed by atoms with Crippen molar-refractivity contribution in [2.45, 2.75) is 5.03 Å². The van der Waals surface area contributed by atoms with Gasteiger partial charge >= 0.3 is 0 Å². The molecular weight excluding hydrogens is 222 g/mol. The number of hydrogen-bond acceptors (Lipinski definition) is 4. The number of hydrogen-bond donors (Lipinski definition) is 1. The Hall–Kier alpha value is -1.88. The number of nitrogens with one attached hydrogen (secondary N) is 1. The lowest BCUT2D eigenvalue weighted by Crippen LogP contribution is -1.84. The third-order valence-electron chi connectivity index (χ3n) is 2.55. The number of nitrogens with zero attached hydrogens (tertiary/aromatic N) is 2. The van der Waals surface area contributed by atoms with Crippen LogP contribution < -0.4 is 4.74 Å². The SMILES string of the molecule is COc1ccc2[nH]c3c([S-])ncnc3c2c1. The molecule has 2 heterocycles. The minimum Gasteiger partial charge on any atom is -0.758 e. The summed E-state index contributed by atoms with van der Waals surface area (Å²) in [5, 5.41) is 1.54. The van der Waals surface area contributed by atoms with E-state index >= 15 is 0 Å². The highest BCUT2D eigenvalue weighted by Gasteiger charge is 2.06. The first-order valence-electron chi connectivity index (χ1n) is 4.77. The Bertz CT molecular complexity index is 677. The second-order valence-electron chi connectivity index (χ2n) is 3.44. The predicted octanol–water partition coefficient (Wildman–Crippen LogP) is 2.03. The molecule has 5 heteroatoms. The van der Waals surface area contributed by atoms with Crippen LogP contribution >= 0.6 is 0 Å². The van der Waals surface area contributed by atoms with E-state index < -0.39 is 0 Å². The van der Waals surface area contributed by atoms with Crippen LogP contribution in [0.5, 0.6) is 5.75 Å². The molecule has 80 valence electrons. The molecule has 0 aliphatic heterocycles. The fraction of sp³-hybridized carbons (Fsp3) is 0.0909. The summed E-state index contributed by atoms with van der Waals surface area (Å²) in [6, 6.07) is 5.79. The molecule has 0 bridgehead atoms. The summed E-state index contributed by atoms with van der Waals surface area (Å²) in [4.78, 5) is 11.4. The fourth-order valence-electron chi connectivity index (χ4n) is 1.78. The second kappa shape index (κ2) is 3.31. The molecule has 0 unspecified atom stereocenters. The number of H-pyrrole nitrogens is 1. The van der Waals surface area contributed by atoms with Gasteiger partial charge in [-0.25, -0.2) is 4.98 Å². The lowest BCUT2D eigenvalue weighted by Gasteiger charge is -2.02. The number of ether oxygens (including phenoxy) is 1. The Morgan fingerprint density at radius 1 is 1.31 bits per heavy atom. The summed E-state index contributed by atoms with van der Waals surface area (Å²) >= 11 is 5.14. The Balaban J connectivity index is 2.47. The number of aromatic nitrogens is 3. The predicted molar refractivity (Wildman–Crippen MR) is 63.6 cm³/mol. The van der Waals surface area contributed by atoms with E-state index in [4.69, 9.17) is 17.4 Å². The Morgan fingerprint density at radius 3 is 3.00 bits per heavy atom. The summed E-state index contributed by atoms with van der Waals surface area (Å²) in [7, 11) is 1.64. The molecule has 3 rings (SSSR count). The Labute approximate surface area is 97.1 Å². The molecule has 0 aliphatic rings. The molecule has 0 saturated heterocycles. The summed E-state index contributed by atoms with van der Waals surface area (Å²) in [6.45, 7) is 0. The first kappa shape index (κ1) is 9.35. The zero-order chi connectivity index (χ0) is 11.1. The van der Waals surface area contributed by atoms with Crippen LogP contribution in [0.3, 0.4) is 0 Å². The van der Waals surface area contributed by atoms with Crippen LogP contribution in [0.4, 0.5) is 0 Å². The van der Waals surface area contributed by atoms with Gasteiger partial charge < -0.3 is 22.3 Å². The normalized spacial score (nSPS) is 11.1. The molecule has 0 radical (unpaired) electrons. The third kappa shape index (κ3) is 1.22. The molecular formula is C11H8N3OS-. The van der Waals surface area contributed by atoms with Gasteiger partial charge in [-0.3, -0.25) is 4.98 Å². The van der Waals surface area contributed by atoms with E-state index in [1.807, 2.05) is 18.2 Å². The van der Waals surface area contributed by atoms with Gasteiger partial charge in [0.15, 0.2) is 0 Å². The number of aromatic amines is 1. The van der Waals surface area contributed by atoms with Gasteiger partial charge in [0.25, 0.3) is 0 Å². The van der Waals surface area contributed by atoms with E-state index in [9.17, 15) is 0 Å². The Kier molecular flexibility index (Phi) is 1.94. The van der Waals surface area contributed by atoms with Crippen LogP contribution in [0.15, 0.2) is 29.6 Å². The van der Waals surface area contributed by atoms with Gasteiger partial charge in [0, 0.05) is 10.9 Å². The van der Waals surface area contributed by atoms with Crippen molar-refractivity contribution in [1.82, 2.24) is 15.0 Å². The van der Waals surface area contributed by atoms with Gasteiger partial charge in [-0.15, -0.1) is 0 Å². The van der Waals surface area contributed by atoms with Crippen molar-refractivity contribution in [1.29, 1.82) is 0 Å². The molecule has 1 aromatic carbocycles. The molecule has 0 fully saturated rings. The average molecular weight is 230 g/mol. The van der Waals surface area contributed by atoms with Crippen LogP contribution in [0.2, 0.25) is 0 Å². The zero-order valence-corrected chi connectivity index (χ0v) is 9.34. The molecule has 0 saturated carbocycles. The third-order valence-corrected chi connectivity index (χ3v) is 2.86. The molecule has 1 N–H and O–H groups in total. The summed E-state index contributed by atoms with van der Waals surface area (Å²) < 4.78 is 5.19. The van der Waals surface area contributed by atoms with Crippen molar-refractivity contribution in [2.24, 2.45) is 0 Å². The van der Waals surface area contributed by atoms with Crippen LogP contribution in [0.25, 0.3) is 21.9 Å². The molecule has 0 amide bonds. The number of rotatable bonds is 1. The number of benzene rings is 1. The first-order chi connectivity index (χ1) is 7.79. The van der Waals surface area contributed by atoms with E-state index in [1.54, 1.807) is 7.11 Å². The van der Waals surface area contributed by atoms with Gasteiger partial charge in [0.1, 0.15) is 12.1 Å². The van der Waals surface area contributed by atoms with Gasteiger partial charge in [0.2, 0.25) is 0 Å². The van der Waals surface area contributed by atoms with Crippen molar-refractivity contribution in [3.8, 4) is 5.75 Å². The van der Waals surface area contributed by atoms with Crippen molar-refractivity contribution in [3.05, 3.63) is 24.5 Å². The topological polar surface area (TPSA) is 50.8 Å². The highest BCUT2D eigenvalue weighted by Crippen LogP contribution is 2.27. The zero-order valence-electron chi connectivity index (χ0n) is 8.52. The standard InChI is InChI=1S/C11H9N3OS/c1-15-6-2-3-8-7(4-6)9-10(14-8)11(16)13-5-12-9/h2-5,14H,1H3,(H,12,13,16)/p-1. The lowest BCUT2D eigenvalue weighted by atomic mass is 10.2. The molecule has 0 spiro atoms. The van der Waals surface area contributed by atoms with E-state index in [0.717, 1.165) is 27.7 Å². The van der Waals surface area contributed by atoms with Crippen molar-refractivity contribution < 1.29 is 4.74 Å². The van der Waals surface area contributed by atoms with Crippen molar-refractivity contribution >= 4 is 34.6 Å². The summed E-state index contributed by atoms with van der Waals surface area (Å²) in [5.41, 5.74) is 2.64. The van der Waals surface area contributed by atoms with E-state index in [-0.39, 0.29) is 0 Å². The fourth-order valence-corrected chi connectivity index (χ4v) is 1.97. The largest absolute Gasteiger partial charge is 0.758 e. The average Bonchev–Trinajstić information content (AvgIpc) is 2.68. The van der Waals surface area contributed by atoms with E-state index in [2.05, 4.69) is 15.0 Å². The van der Waals surface area contributed by atoms with Crippen molar-refractivity contribution in [2.75, 3.05) is 7.11 Å². The van der Waals surface area contributed by atoms with Crippen LogP contribution in [0, 0.1) is 0 Å². The van der Waals surface area contributed by atoms with Gasteiger partial charge in [0.05, 0.1) is 18.1 Å². The molecule has 0 aliphatic carbocycles. The molecule has 2 aromatic heterocycles. The maximum Gasteiger partial charge on any atom is 0.119 e. The minimum absolute atomic E-state index is 0.542. The summed E-state index contributed by atoms with van der Waals surface area (Å²) in [5.74, 6) is 0.804. The highest BCUT2D eigenvalue weighted by molar-refractivity contribution is 7.59. The van der Waals surface area contributed by atoms with Crippen LogP contribution in [0.1, 0.15) is 0 Å². The van der Waals surface area contributed by atoms with E-state index in [0.29, 0.717) is 5.03 Å². The first-order valence-corrected chi connectivity index (χ1v) is 5.18. The highest BCUT2D eigenvalue weighted by atomic mass is 32.1. The maximum atomic E-state index is 5.19. The minimum atomic E-state index is 0.542. The van der Waals surface area contributed by atoms with E-state index in [1.165, 1.54) is 6.33 Å². The number of fused-ring (bicyclic) bond motifs is 3. The molecule has 3 aromatic rings. The monoisotopic (exact) mass is 230 g/mol. The number of methoxy groups -OCH3 is 1. The van der Waals surface area contributed by atoms with Crippen LogP contribution in [-0.4, -0.2) is 22.1 Å². The maximum absolute atomic E-state index is 5.19. The molecule has 4 nitrogen and oxygen atoms in total. The second-order valence-corrected chi connectivity index (χ2v) is 3.83. The smallest absolute Gasteiger partial charge is 0.119 e. The summed E-state index contributed by atoms with van der Waals surface area (Å²) in [6.07, 6.45) is 1.48. The molecule has 0 atom stereocenters. The van der Waals surface area contributed by atoms with Crippen molar-refractivity contribution in [3.63, 3.8) is 0 Å². The van der Waals surface area contributed by atoms with Gasteiger partial charge in [-0.05, 0) is 18.2 Å². The Morgan fingerprint density at radius 2 is 2.19 bits per heavy atom. The lowest BCUT2D eigenvalue weighted by molar-refractivity contribution is 0.415. The van der Waals surface area contributed by atoms with Gasteiger partial charge in [-0.2, -0.15) is 0 Å². The molecule has 16 heavy (non-hydrogen) atoms. The van der Waals surface area contributed by atoms with Crippen LogP contribution in [-0.2, 0) is 12.6 Å².